The molecule has 6 heteroatoms. The molecule has 3 aliphatic rings. The van der Waals surface area contributed by atoms with Gasteiger partial charge in [0, 0.05) is 6.42 Å². The molecule has 154 valence electrons. The van der Waals surface area contributed by atoms with E-state index in [1.807, 2.05) is 42.5 Å². The quantitative estimate of drug-likeness (QED) is 0.745. The number of amides is 2. The van der Waals surface area contributed by atoms with Crippen molar-refractivity contribution >= 4 is 34.3 Å². The number of fused-ring (bicyclic) bond motifs is 1. The molecule has 2 aromatic carbocycles. The largest absolute Gasteiger partial charge is 0.289 e. The van der Waals surface area contributed by atoms with Crippen molar-refractivity contribution in [1.82, 2.24) is 5.43 Å². The molecule has 1 saturated heterocycles. The van der Waals surface area contributed by atoms with Crippen LogP contribution >= 0.6 is 11.8 Å². The summed E-state index contributed by atoms with van der Waals surface area (Å²) >= 11 is 1.71. The summed E-state index contributed by atoms with van der Waals surface area (Å²) in [6.07, 6.45) is 4.55. The normalized spacial score (nSPS) is 28.3. The lowest BCUT2D eigenvalue weighted by Gasteiger charge is -2.24. The smallest absolute Gasteiger partial charge is 0.237 e. The van der Waals surface area contributed by atoms with Crippen LogP contribution in [-0.4, -0.2) is 16.9 Å². The van der Waals surface area contributed by atoms with Gasteiger partial charge in [-0.1, -0.05) is 67.1 Å². The molecule has 0 unspecified atom stereocenters. The van der Waals surface area contributed by atoms with Gasteiger partial charge in [-0.15, -0.1) is 0 Å². The van der Waals surface area contributed by atoms with Gasteiger partial charge in [0.15, 0.2) is 0 Å². The van der Waals surface area contributed by atoms with E-state index in [4.69, 9.17) is 0 Å². The highest BCUT2D eigenvalue weighted by atomic mass is 32.2. The summed E-state index contributed by atoms with van der Waals surface area (Å²) in [6.45, 7) is 2.11. The fourth-order valence-corrected chi connectivity index (χ4v) is 5.91. The number of hydrogen-bond donors (Lipinski definition) is 1. The van der Waals surface area contributed by atoms with E-state index in [1.54, 1.807) is 11.8 Å². The van der Waals surface area contributed by atoms with Crippen molar-refractivity contribution in [3.63, 3.8) is 0 Å². The molecule has 2 amide bonds. The number of anilines is 1. The van der Waals surface area contributed by atoms with Crippen molar-refractivity contribution in [1.29, 1.82) is 0 Å². The monoisotopic (exact) mass is 419 g/mol. The van der Waals surface area contributed by atoms with Gasteiger partial charge in [-0.3, -0.25) is 19.9 Å². The van der Waals surface area contributed by atoms with E-state index in [0.29, 0.717) is 5.69 Å². The van der Waals surface area contributed by atoms with Gasteiger partial charge in [0.1, 0.15) is 9.91 Å². The van der Waals surface area contributed by atoms with Crippen LogP contribution in [0.5, 0.6) is 0 Å². The highest BCUT2D eigenvalue weighted by Crippen LogP contribution is 2.42. The minimum atomic E-state index is -0.365. The summed E-state index contributed by atoms with van der Waals surface area (Å²) in [6, 6.07) is 18.1. The van der Waals surface area contributed by atoms with Gasteiger partial charge in [-0.05, 0) is 43.0 Å². The summed E-state index contributed by atoms with van der Waals surface area (Å²) in [7, 11) is 0. The molecule has 0 radical (unpaired) electrons. The van der Waals surface area contributed by atoms with E-state index in [1.165, 1.54) is 10.5 Å². The molecule has 3 atom stereocenters. The van der Waals surface area contributed by atoms with Gasteiger partial charge >= 0.3 is 0 Å². The second-order valence-electron chi connectivity index (χ2n) is 8.47. The maximum Gasteiger partial charge on any atom is 0.237 e. The fourth-order valence-electron chi connectivity index (χ4n) is 4.77. The van der Waals surface area contributed by atoms with E-state index in [9.17, 15) is 9.59 Å². The lowest BCUT2D eigenvalue weighted by Crippen LogP contribution is -2.31. The molecule has 0 spiro atoms. The molecule has 0 aromatic heterocycles. The third-order valence-electron chi connectivity index (χ3n) is 6.43. The van der Waals surface area contributed by atoms with Gasteiger partial charge in [0.2, 0.25) is 11.8 Å². The van der Waals surface area contributed by atoms with Crippen molar-refractivity contribution in [2.45, 2.75) is 43.9 Å². The van der Waals surface area contributed by atoms with E-state index in [2.05, 4.69) is 29.6 Å². The topological polar surface area (TPSA) is 61.8 Å². The predicted octanol–water partition coefficient (Wildman–Crippen LogP) is 4.43. The fraction of sp³-hybridized carbons (Fsp3) is 0.375. The Bertz CT molecular complexity index is 981. The summed E-state index contributed by atoms with van der Waals surface area (Å²) in [5, 5.41) is 5.59. The van der Waals surface area contributed by atoms with Gasteiger partial charge in [0.05, 0.1) is 17.5 Å². The molecular weight excluding hydrogens is 394 g/mol. The molecule has 2 aliphatic heterocycles. The zero-order valence-corrected chi connectivity index (χ0v) is 17.8. The summed E-state index contributed by atoms with van der Waals surface area (Å²) in [5.41, 5.74) is 6.25. The Labute approximate surface area is 180 Å². The van der Waals surface area contributed by atoms with Crippen LogP contribution in [0.4, 0.5) is 5.69 Å². The molecule has 0 bridgehead atoms. The van der Waals surface area contributed by atoms with E-state index in [0.717, 1.165) is 42.7 Å². The molecular formula is C24H25N3O2S. The Morgan fingerprint density at radius 1 is 1.00 bits per heavy atom. The van der Waals surface area contributed by atoms with Crippen molar-refractivity contribution in [2.75, 3.05) is 4.90 Å². The molecule has 2 aromatic rings. The number of imide groups is 1. The first-order valence-corrected chi connectivity index (χ1v) is 11.4. The first-order valence-electron chi connectivity index (χ1n) is 10.6. The zero-order valence-electron chi connectivity index (χ0n) is 17.0. The molecule has 1 N–H and O–H groups in total. The van der Waals surface area contributed by atoms with Crippen molar-refractivity contribution in [3.8, 4) is 0 Å². The summed E-state index contributed by atoms with van der Waals surface area (Å²) in [5.74, 6) is -0.287. The molecule has 2 fully saturated rings. The number of carbonyl (C=O) groups excluding carboxylic acids is 2. The van der Waals surface area contributed by atoms with Gasteiger partial charge in [-0.2, -0.15) is 5.10 Å². The van der Waals surface area contributed by atoms with Crippen molar-refractivity contribution < 1.29 is 9.59 Å². The van der Waals surface area contributed by atoms with Crippen LogP contribution in [0.1, 0.15) is 43.7 Å². The van der Waals surface area contributed by atoms with E-state index >= 15 is 0 Å². The van der Waals surface area contributed by atoms with Crippen LogP contribution in [0.3, 0.4) is 0 Å². The van der Waals surface area contributed by atoms with E-state index < -0.39 is 0 Å². The van der Waals surface area contributed by atoms with Crippen LogP contribution in [-0.2, 0) is 20.9 Å². The third kappa shape index (κ3) is 3.33. The lowest BCUT2D eigenvalue weighted by molar-refractivity contribution is -0.122. The summed E-state index contributed by atoms with van der Waals surface area (Å²) in [4.78, 5) is 26.7. The Morgan fingerprint density at radius 2 is 1.63 bits per heavy atom. The first-order chi connectivity index (χ1) is 14.5. The molecule has 5 nitrogen and oxygen atoms in total. The number of nitrogens with one attached hydrogen (secondary N) is 1. The van der Waals surface area contributed by atoms with Crippen LogP contribution in [0.25, 0.3) is 0 Å². The number of rotatable bonds is 4. The molecule has 30 heavy (non-hydrogen) atoms. The average Bonchev–Trinajstić information content (AvgIpc) is 3.27. The van der Waals surface area contributed by atoms with Crippen LogP contribution < -0.4 is 10.3 Å². The maximum atomic E-state index is 12.8. The van der Waals surface area contributed by atoms with Gasteiger partial charge in [-0.25, -0.2) is 0 Å². The Morgan fingerprint density at radius 3 is 2.27 bits per heavy atom. The molecule has 5 rings (SSSR count). The Kier molecular flexibility index (Phi) is 4.89. The lowest BCUT2D eigenvalue weighted by atomic mass is 9.81. The number of nitrogens with zero attached hydrogens (tertiary/aromatic N) is 2. The minimum Gasteiger partial charge on any atom is -0.289 e. The second kappa shape index (κ2) is 7.58. The number of thioether (sulfide) groups is 1. The van der Waals surface area contributed by atoms with Crippen molar-refractivity contribution in [2.24, 2.45) is 16.9 Å². The predicted molar refractivity (Wildman–Crippen MR) is 120 cm³/mol. The third-order valence-corrected chi connectivity index (χ3v) is 7.64. The summed E-state index contributed by atoms with van der Waals surface area (Å²) < 4.78 is 0. The van der Waals surface area contributed by atoms with E-state index in [-0.39, 0.29) is 28.5 Å². The second-order valence-corrected chi connectivity index (χ2v) is 9.96. The van der Waals surface area contributed by atoms with Crippen molar-refractivity contribution in [3.05, 3.63) is 65.7 Å². The van der Waals surface area contributed by atoms with Gasteiger partial charge < -0.3 is 0 Å². The maximum absolute atomic E-state index is 12.8. The van der Waals surface area contributed by atoms with Crippen LogP contribution in [0.2, 0.25) is 0 Å². The van der Waals surface area contributed by atoms with Gasteiger partial charge in [0.25, 0.3) is 0 Å². The minimum absolute atomic E-state index is 0.0227. The number of carbonyl (C=O) groups is 2. The Balaban J connectivity index is 1.31. The molecule has 1 aliphatic carbocycles. The standard InChI is InChI=1S/C24H25N3O2S/c1-24(26-25-21(30-24)15-16-7-3-2-4-8-16)17-11-13-18(14-12-17)27-22(28)19-9-5-6-10-20(19)23(27)29/h2-4,7-8,11-14,19-20,26H,5-6,9-10,15H2,1H3/t19-,20+,24-/m1/s1. The first kappa shape index (κ1) is 19.4. The van der Waals surface area contributed by atoms with Crippen LogP contribution in [0.15, 0.2) is 59.7 Å². The molecule has 2 heterocycles. The van der Waals surface area contributed by atoms with Crippen LogP contribution in [0, 0.1) is 11.8 Å². The highest BCUT2D eigenvalue weighted by Gasteiger charge is 2.48. The number of hydrazone groups is 1. The molecule has 1 saturated carbocycles. The number of benzene rings is 2. The highest BCUT2D eigenvalue weighted by molar-refractivity contribution is 8.14. The average molecular weight is 420 g/mol. The Hall–Kier alpha value is -2.60. The zero-order chi connectivity index (χ0) is 20.7. The number of hydrogen-bond acceptors (Lipinski definition) is 5. The SMILES string of the molecule is C[C@@]1(c2ccc(N3C(=O)[C@H]4CCCC[C@H]4C3=O)cc2)NN=C(Cc2ccccc2)S1.